The van der Waals surface area contributed by atoms with Gasteiger partial charge >= 0.3 is 5.97 Å². The van der Waals surface area contributed by atoms with E-state index in [4.69, 9.17) is 5.11 Å². The van der Waals surface area contributed by atoms with Crippen LogP contribution in [0.2, 0.25) is 0 Å². The Morgan fingerprint density at radius 1 is 1.25 bits per heavy atom. The molecule has 0 aromatic carbocycles. The lowest BCUT2D eigenvalue weighted by Crippen LogP contribution is -2.41. The molecule has 3 heteroatoms. The number of hydrogen-bond donors (Lipinski definition) is 1. The van der Waals surface area contributed by atoms with Gasteiger partial charge in [-0.05, 0) is 46.2 Å². The van der Waals surface area contributed by atoms with Crippen LogP contribution >= 0.6 is 0 Å². The van der Waals surface area contributed by atoms with Gasteiger partial charge in [0.05, 0.1) is 5.41 Å². The summed E-state index contributed by atoms with van der Waals surface area (Å²) >= 11 is 0. The standard InChI is InChI=1S/C13H27NO2/c1-10(12(2,3)4)14(7)9-8-13(5,6)11(15)16/h10H,8-9H2,1-7H3,(H,15,16). The van der Waals surface area contributed by atoms with Crippen LogP contribution in [0.3, 0.4) is 0 Å². The van der Waals surface area contributed by atoms with Gasteiger partial charge in [0.25, 0.3) is 0 Å². The number of carbonyl (C=O) groups is 1. The largest absolute Gasteiger partial charge is 0.481 e. The minimum atomic E-state index is -0.718. The summed E-state index contributed by atoms with van der Waals surface area (Å²) in [5.74, 6) is -0.718. The molecule has 16 heavy (non-hydrogen) atoms. The molecule has 0 aromatic heterocycles. The third-order valence-corrected chi connectivity index (χ3v) is 3.58. The molecule has 0 amide bonds. The van der Waals surface area contributed by atoms with Crippen LogP contribution in [-0.4, -0.2) is 35.6 Å². The second-order valence-electron chi connectivity index (χ2n) is 6.46. The molecule has 0 aromatic rings. The quantitative estimate of drug-likeness (QED) is 0.788. The highest BCUT2D eigenvalue weighted by Crippen LogP contribution is 2.26. The summed E-state index contributed by atoms with van der Waals surface area (Å²) in [4.78, 5) is 13.2. The van der Waals surface area contributed by atoms with Gasteiger partial charge in [-0.1, -0.05) is 20.8 Å². The van der Waals surface area contributed by atoms with Crippen LogP contribution < -0.4 is 0 Å². The molecule has 1 atom stereocenters. The highest BCUT2D eigenvalue weighted by atomic mass is 16.4. The van der Waals surface area contributed by atoms with E-state index in [-0.39, 0.29) is 5.41 Å². The van der Waals surface area contributed by atoms with E-state index in [1.54, 1.807) is 13.8 Å². The zero-order valence-electron chi connectivity index (χ0n) is 11.8. The van der Waals surface area contributed by atoms with Crippen LogP contribution in [0.4, 0.5) is 0 Å². The van der Waals surface area contributed by atoms with Crippen molar-refractivity contribution in [2.75, 3.05) is 13.6 Å². The molecule has 0 saturated heterocycles. The molecule has 0 bridgehead atoms. The minimum absolute atomic E-state index is 0.224. The minimum Gasteiger partial charge on any atom is -0.481 e. The van der Waals surface area contributed by atoms with Gasteiger partial charge in [-0.25, -0.2) is 0 Å². The number of aliphatic carboxylic acids is 1. The second kappa shape index (κ2) is 5.17. The first-order chi connectivity index (χ1) is 6.98. The van der Waals surface area contributed by atoms with Crippen LogP contribution in [0, 0.1) is 10.8 Å². The van der Waals surface area contributed by atoms with Crippen molar-refractivity contribution in [3.63, 3.8) is 0 Å². The molecule has 0 aliphatic carbocycles. The Morgan fingerprint density at radius 2 is 1.69 bits per heavy atom. The Kier molecular flexibility index (Phi) is 4.99. The maximum atomic E-state index is 11.0. The van der Waals surface area contributed by atoms with Gasteiger partial charge in [-0.3, -0.25) is 4.79 Å². The second-order valence-corrected chi connectivity index (χ2v) is 6.46. The van der Waals surface area contributed by atoms with Crippen molar-refractivity contribution in [1.29, 1.82) is 0 Å². The Labute approximate surface area is 99.8 Å². The topological polar surface area (TPSA) is 40.5 Å². The van der Waals surface area contributed by atoms with Crippen LogP contribution in [0.5, 0.6) is 0 Å². The summed E-state index contributed by atoms with van der Waals surface area (Å²) in [5, 5.41) is 9.03. The predicted molar refractivity (Wildman–Crippen MR) is 67.6 cm³/mol. The van der Waals surface area contributed by atoms with E-state index >= 15 is 0 Å². The summed E-state index contributed by atoms with van der Waals surface area (Å²) in [6.45, 7) is 13.2. The molecule has 96 valence electrons. The zero-order valence-corrected chi connectivity index (χ0v) is 11.8. The maximum absolute atomic E-state index is 11.0. The summed E-state index contributed by atoms with van der Waals surface area (Å²) in [7, 11) is 2.06. The molecule has 0 saturated carbocycles. The van der Waals surface area contributed by atoms with Gasteiger partial charge in [0, 0.05) is 6.04 Å². The molecule has 0 aliphatic rings. The molecule has 0 aliphatic heterocycles. The molecule has 0 heterocycles. The molecule has 0 rings (SSSR count). The molecule has 0 radical (unpaired) electrons. The van der Waals surface area contributed by atoms with Gasteiger partial charge in [-0.15, -0.1) is 0 Å². The first kappa shape index (κ1) is 15.4. The lowest BCUT2D eigenvalue weighted by Gasteiger charge is -2.36. The maximum Gasteiger partial charge on any atom is 0.309 e. The van der Waals surface area contributed by atoms with Gasteiger partial charge in [0.15, 0.2) is 0 Å². The summed E-state index contributed by atoms with van der Waals surface area (Å²) in [6, 6.07) is 0.442. The van der Waals surface area contributed by atoms with E-state index in [0.717, 1.165) is 6.54 Å². The average molecular weight is 229 g/mol. The van der Waals surface area contributed by atoms with E-state index < -0.39 is 11.4 Å². The molecule has 1 N–H and O–H groups in total. The number of nitrogens with zero attached hydrogens (tertiary/aromatic N) is 1. The summed E-state index contributed by atoms with van der Waals surface area (Å²) < 4.78 is 0. The van der Waals surface area contributed by atoms with E-state index in [1.165, 1.54) is 0 Å². The molecule has 0 fully saturated rings. The fraction of sp³-hybridized carbons (Fsp3) is 0.923. The third kappa shape index (κ3) is 4.52. The van der Waals surface area contributed by atoms with Crippen molar-refractivity contribution in [1.82, 2.24) is 4.90 Å². The van der Waals surface area contributed by atoms with E-state index in [2.05, 4.69) is 39.6 Å². The van der Waals surface area contributed by atoms with Crippen molar-refractivity contribution in [2.24, 2.45) is 10.8 Å². The SMILES string of the molecule is CC(N(C)CCC(C)(C)C(=O)O)C(C)(C)C. The zero-order chi connectivity index (χ0) is 13.1. The average Bonchev–Trinajstić information content (AvgIpc) is 2.11. The lowest BCUT2D eigenvalue weighted by molar-refractivity contribution is -0.147. The van der Waals surface area contributed by atoms with E-state index in [0.29, 0.717) is 12.5 Å². The molecule has 3 nitrogen and oxygen atoms in total. The Hall–Kier alpha value is -0.570. The van der Waals surface area contributed by atoms with Gasteiger partial charge in [0.1, 0.15) is 0 Å². The summed E-state index contributed by atoms with van der Waals surface area (Å²) in [5.41, 5.74) is -0.409. The Balaban J connectivity index is 4.28. The Bertz CT molecular complexity index is 241. The smallest absolute Gasteiger partial charge is 0.309 e. The highest BCUT2D eigenvalue weighted by Gasteiger charge is 2.29. The molecular formula is C13H27NO2. The fourth-order valence-corrected chi connectivity index (χ4v) is 1.42. The van der Waals surface area contributed by atoms with Crippen LogP contribution in [0.25, 0.3) is 0 Å². The third-order valence-electron chi connectivity index (χ3n) is 3.58. The molecule has 0 spiro atoms. The van der Waals surface area contributed by atoms with Crippen molar-refractivity contribution in [3.05, 3.63) is 0 Å². The monoisotopic (exact) mass is 229 g/mol. The van der Waals surface area contributed by atoms with Crippen molar-refractivity contribution < 1.29 is 9.90 Å². The number of carboxylic acids is 1. The number of carboxylic acid groups (broad SMARTS) is 1. The molecule has 1 unspecified atom stereocenters. The molecular weight excluding hydrogens is 202 g/mol. The van der Waals surface area contributed by atoms with Crippen LogP contribution in [-0.2, 0) is 4.79 Å². The first-order valence-corrected chi connectivity index (χ1v) is 5.92. The fourth-order valence-electron chi connectivity index (χ4n) is 1.42. The summed E-state index contributed by atoms with van der Waals surface area (Å²) in [6.07, 6.45) is 0.680. The van der Waals surface area contributed by atoms with E-state index in [9.17, 15) is 4.79 Å². The lowest BCUT2D eigenvalue weighted by atomic mass is 9.85. The normalized spacial score (nSPS) is 15.2. The van der Waals surface area contributed by atoms with Crippen LogP contribution in [0.15, 0.2) is 0 Å². The highest BCUT2D eigenvalue weighted by molar-refractivity contribution is 5.73. The Morgan fingerprint density at radius 3 is 2.00 bits per heavy atom. The van der Waals surface area contributed by atoms with Gasteiger partial charge < -0.3 is 10.0 Å². The van der Waals surface area contributed by atoms with Crippen molar-refractivity contribution in [3.8, 4) is 0 Å². The first-order valence-electron chi connectivity index (χ1n) is 5.92. The number of hydrogen-bond acceptors (Lipinski definition) is 2. The van der Waals surface area contributed by atoms with E-state index in [1.807, 2.05) is 0 Å². The van der Waals surface area contributed by atoms with Crippen molar-refractivity contribution >= 4 is 5.97 Å². The number of rotatable bonds is 5. The predicted octanol–water partition coefficient (Wildman–Crippen LogP) is 2.85. The van der Waals surface area contributed by atoms with Gasteiger partial charge in [0.2, 0.25) is 0 Å². The van der Waals surface area contributed by atoms with Crippen molar-refractivity contribution in [2.45, 2.75) is 54.0 Å². The van der Waals surface area contributed by atoms with Crippen LogP contribution in [0.1, 0.15) is 48.0 Å². The van der Waals surface area contributed by atoms with Gasteiger partial charge in [-0.2, -0.15) is 0 Å².